The molecule has 3 N–H and O–H groups in total. The summed E-state index contributed by atoms with van der Waals surface area (Å²) in [5.74, 6) is 0.385. The first-order chi connectivity index (χ1) is 9.72. The topological polar surface area (TPSA) is 69.8 Å². The molecule has 0 spiro atoms. The molecule has 1 heterocycles. The number of aromatic amines is 1. The molecule has 0 aliphatic heterocycles. The second-order valence-corrected chi connectivity index (χ2v) is 4.57. The Balaban J connectivity index is 1.74. The number of urea groups is 1. The van der Waals surface area contributed by atoms with Crippen molar-refractivity contribution in [2.24, 2.45) is 0 Å². The average Bonchev–Trinajstić information content (AvgIpc) is 2.83. The Labute approximate surface area is 120 Å². The minimum absolute atomic E-state index is 0.385. The van der Waals surface area contributed by atoms with Crippen molar-refractivity contribution in [1.82, 2.24) is 9.97 Å². The zero-order valence-electron chi connectivity index (χ0n) is 10.4. The molecular formula is C14H11ClN4O. The number of hydrogen-bond donors (Lipinski definition) is 3. The molecule has 2 aromatic carbocycles. The number of imidazole rings is 1. The maximum absolute atomic E-state index is 11.9. The van der Waals surface area contributed by atoms with Crippen LogP contribution in [-0.2, 0) is 0 Å². The molecule has 0 saturated carbocycles. The summed E-state index contributed by atoms with van der Waals surface area (Å²) in [4.78, 5) is 19.1. The van der Waals surface area contributed by atoms with Gasteiger partial charge in [-0.15, -0.1) is 0 Å². The smallest absolute Gasteiger partial charge is 0.324 e. The van der Waals surface area contributed by atoms with Crippen molar-refractivity contribution in [3.63, 3.8) is 0 Å². The Bertz CT molecular complexity index is 735. The minimum atomic E-state index is -0.405. The molecule has 1 aromatic heterocycles. The van der Waals surface area contributed by atoms with Crippen LogP contribution in [0.5, 0.6) is 0 Å². The highest BCUT2D eigenvalue weighted by Gasteiger charge is 2.08. The van der Waals surface area contributed by atoms with Gasteiger partial charge in [0.25, 0.3) is 0 Å². The lowest BCUT2D eigenvalue weighted by atomic mass is 10.3. The van der Waals surface area contributed by atoms with Crippen LogP contribution in [0.2, 0.25) is 5.02 Å². The van der Waals surface area contributed by atoms with Crippen molar-refractivity contribution >= 4 is 40.3 Å². The number of benzene rings is 2. The summed E-state index contributed by atoms with van der Waals surface area (Å²) in [7, 11) is 0. The molecular weight excluding hydrogens is 276 g/mol. The van der Waals surface area contributed by atoms with E-state index in [0.29, 0.717) is 16.7 Å². The van der Waals surface area contributed by atoms with Gasteiger partial charge >= 0.3 is 6.03 Å². The quantitative estimate of drug-likeness (QED) is 0.669. The van der Waals surface area contributed by atoms with Crippen LogP contribution in [0.3, 0.4) is 0 Å². The molecule has 0 aliphatic rings. The number of nitrogens with one attached hydrogen (secondary N) is 3. The number of aromatic nitrogens is 2. The van der Waals surface area contributed by atoms with Crippen LogP contribution >= 0.6 is 11.6 Å². The molecule has 0 bridgehead atoms. The van der Waals surface area contributed by atoms with Crippen molar-refractivity contribution in [2.45, 2.75) is 0 Å². The predicted octanol–water partition coefficient (Wildman–Crippen LogP) is 3.86. The number of carbonyl (C=O) groups excluding carboxylic acids is 1. The van der Waals surface area contributed by atoms with E-state index in [0.717, 1.165) is 11.0 Å². The Kier molecular flexibility index (Phi) is 3.26. The highest BCUT2D eigenvalue weighted by molar-refractivity contribution is 6.33. The van der Waals surface area contributed by atoms with Gasteiger partial charge in [0.2, 0.25) is 5.95 Å². The first kappa shape index (κ1) is 12.5. The van der Waals surface area contributed by atoms with E-state index >= 15 is 0 Å². The fraction of sp³-hybridized carbons (Fsp3) is 0. The highest BCUT2D eigenvalue weighted by Crippen LogP contribution is 2.20. The maximum Gasteiger partial charge on any atom is 0.326 e. The molecule has 0 radical (unpaired) electrons. The monoisotopic (exact) mass is 286 g/mol. The number of anilines is 2. The minimum Gasteiger partial charge on any atom is -0.324 e. The van der Waals surface area contributed by atoms with Gasteiger partial charge in [0.05, 0.1) is 21.7 Å². The summed E-state index contributed by atoms with van der Waals surface area (Å²) in [5, 5.41) is 5.77. The molecule has 20 heavy (non-hydrogen) atoms. The van der Waals surface area contributed by atoms with Crippen LogP contribution in [0.4, 0.5) is 16.4 Å². The number of hydrogen-bond acceptors (Lipinski definition) is 2. The van der Waals surface area contributed by atoms with Crippen LogP contribution in [0, 0.1) is 0 Å². The molecule has 5 nitrogen and oxygen atoms in total. The number of rotatable bonds is 2. The lowest BCUT2D eigenvalue weighted by Gasteiger charge is -2.06. The Hall–Kier alpha value is -2.53. The van der Waals surface area contributed by atoms with E-state index in [4.69, 9.17) is 11.6 Å². The third kappa shape index (κ3) is 2.57. The third-order valence-corrected chi connectivity index (χ3v) is 3.07. The second-order valence-electron chi connectivity index (χ2n) is 4.16. The van der Waals surface area contributed by atoms with Crippen molar-refractivity contribution in [2.75, 3.05) is 10.6 Å². The molecule has 100 valence electrons. The van der Waals surface area contributed by atoms with Gasteiger partial charge in [-0.3, -0.25) is 5.32 Å². The lowest BCUT2D eigenvalue weighted by molar-refractivity contribution is 0.262. The number of nitrogens with zero attached hydrogens (tertiary/aromatic N) is 1. The summed E-state index contributed by atoms with van der Waals surface area (Å²) in [6.45, 7) is 0. The molecule has 3 aromatic rings. The first-order valence-electron chi connectivity index (χ1n) is 6.00. The Morgan fingerprint density at radius 1 is 1.05 bits per heavy atom. The Morgan fingerprint density at radius 3 is 2.60 bits per heavy atom. The molecule has 0 saturated heterocycles. The number of fused-ring (bicyclic) bond motifs is 1. The van der Waals surface area contributed by atoms with Gasteiger partial charge < -0.3 is 10.3 Å². The van der Waals surface area contributed by atoms with Crippen LogP contribution in [0.15, 0.2) is 48.5 Å². The van der Waals surface area contributed by atoms with Gasteiger partial charge in [0.1, 0.15) is 0 Å². The van der Waals surface area contributed by atoms with E-state index in [-0.39, 0.29) is 0 Å². The summed E-state index contributed by atoms with van der Waals surface area (Å²) >= 11 is 5.97. The molecule has 6 heteroatoms. The first-order valence-corrected chi connectivity index (χ1v) is 6.37. The van der Waals surface area contributed by atoms with Crippen LogP contribution in [0.25, 0.3) is 11.0 Å². The summed E-state index contributed by atoms with van der Waals surface area (Å²) < 4.78 is 0. The van der Waals surface area contributed by atoms with Crippen LogP contribution in [0.1, 0.15) is 0 Å². The van der Waals surface area contributed by atoms with Gasteiger partial charge in [-0.1, -0.05) is 35.9 Å². The third-order valence-electron chi connectivity index (χ3n) is 2.74. The fourth-order valence-corrected chi connectivity index (χ4v) is 2.02. The highest BCUT2D eigenvalue weighted by atomic mass is 35.5. The SMILES string of the molecule is O=C(Nc1nc2ccccc2[nH]1)Nc1ccccc1Cl. The molecule has 0 aliphatic carbocycles. The van der Waals surface area contributed by atoms with Crippen molar-refractivity contribution < 1.29 is 4.79 Å². The average molecular weight is 287 g/mol. The van der Waals surface area contributed by atoms with Crippen LogP contribution < -0.4 is 10.6 Å². The molecule has 0 fully saturated rings. The van der Waals surface area contributed by atoms with E-state index in [1.807, 2.05) is 24.3 Å². The maximum atomic E-state index is 11.9. The molecule has 3 rings (SSSR count). The second kappa shape index (κ2) is 5.22. The standard InChI is InChI=1S/C14H11ClN4O/c15-9-5-1-2-6-10(9)18-14(20)19-13-16-11-7-3-4-8-12(11)17-13/h1-8H,(H3,16,17,18,19,20). The van der Waals surface area contributed by atoms with Crippen molar-refractivity contribution in [3.05, 3.63) is 53.6 Å². The molecule has 0 atom stereocenters. The summed E-state index contributed by atoms with van der Waals surface area (Å²) in [5.41, 5.74) is 2.20. The fourth-order valence-electron chi connectivity index (χ4n) is 1.84. The summed E-state index contributed by atoms with van der Waals surface area (Å²) in [6.07, 6.45) is 0. The predicted molar refractivity (Wildman–Crippen MR) is 80.2 cm³/mol. The number of para-hydroxylation sites is 3. The molecule has 2 amide bonds. The zero-order valence-corrected chi connectivity index (χ0v) is 11.1. The van der Waals surface area contributed by atoms with E-state index in [1.54, 1.807) is 24.3 Å². The number of halogens is 1. The van der Waals surface area contributed by atoms with E-state index < -0.39 is 6.03 Å². The Morgan fingerprint density at radius 2 is 1.80 bits per heavy atom. The van der Waals surface area contributed by atoms with Crippen LogP contribution in [-0.4, -0.2) is 16.0 Å². The van der Waals surface area contributed by atoms with E-state index in [2.05, 4.69) is 20.6 Å². The van der Waals surface area contributed by atoms with Gasteiger partial charge in [0, 0.05) is 0 Å². The lowest BCUT2D eigenvalue weighted by Crippen LogP contribution is -2.20. The largest absolute Gasteiger partial charge is 0.326 e. The number of amides is 2. The van der Waals surface area contributed by atoms with E-state index in [9.17, 15) is 4.79 Å². The van der Waals surface area contributed by atoms with Gasteiger partial charge in [-0.2, -0.15) is 0 Å². The van der Waals surface area contributed by atoms with Crippen molar-refractivity contribution in [3.8, 4) is 0 Å². The zero-order chi connectivity index (χ0) is 13.9. The van der Waals surface area contributed by atoms with E-state index in [1.165, 1.54) is 0 Å². The normalized spacial score (nSPS) is 10.4. The summed E-state index contributed by atoms with van der Waals surface area (Å²) in [6, 6.07) is 14.1. The van der Waals surface area contributed by atoms with Gasteiger partial charge in [0.15, 0.2) is 0 Å². The van der Waals surface area contributed by atoms with Crippen molar-refractivity contribution in [1.29, 1.82) is 0 Å². The van der Waals surface area contributed by atoms with Gasteiger partial charge in [-0.05, 0) is 24.3 Å². The number of carbonyl (C=O) groups is 1. The number of H-pyrrole nitrogens is 1. The van der Waals surface area contributed by atoms with Gasteiger partial charge in [-0.25, -0.2) is 9.78 Å². The molecule has 0 unspecified atom stereocenters.